The molecule has 4 rings (SSSR count). The number of furan rings is 1. The van der Waals surface area contributed by atoms with Crippen LogP contribution in [0.25, 0.3) is 11.4 Å². The Hall–Kier alpha value is -2.44. The molecule has 1 unspecified atom stereocenters. The number of aromatic nitrogens is 2. The molecule has 1 atom stereocenters. The number of morpholine rings is 1. The summed E-state index contributed by atoms with van der Waals surface area (Å²) in [6.45, 7) is 2.99. The van der Waals surface area contributed by atoms with Crippen LogP contribution in [0.3, 0.4) is 0 Å². The summed E-state index contributed by atoms with van der Waals surface area (Å²) in [5.74, 6) is 1.16. The molecule has 1 aromatic carbocycles. The van der Waals surface area contributed by atoms with Gasteiger partial charge in [-0.3, -0.25) is 4.90 Å². The average Bonchev–Trinajstić information content (AvgIpc) is 3.27. The van der Waals surface area contributed by atoms with Gasteiger partial charge in [0.15, 0.2) is 0 Å². The molecule has 2 aromatic heterocycles. The Bertz CT molecular complexity index is 740. The monoisotopic (exact) mass is 311 g/mol. The second kappa shape index (κ2) is 6.36. The van der Waals surface area contributed by atoms with Crippen molar-refractivity contribution in [2.24, 2.45) is 0 Å². The van der Waals surface area contributed by atoms with Gasteiger partial charge in [0.25, 0.3) is 0 Å². The highest BCUT2D eigenvalue weighted by Gasteiger charge is 2.23. The van der Waals surface area contributed by atoms with Crippen LogP contribution >= 0.6 is 0 Å². The number of ether oxygens (including phenoxy) is 1. The van der Waals surface area contributed by atoms with Crippen LogP contribution in [0.2, 0.25) is 0 Å². The number of nitrogens with zero attached hydrogens (tertiary/aromatic N) is 3. The van der Waals surface area contributed by atoms with Gasteiger partial charge in [-0.2, -0.15) is 4.98 Å². The smallest absolute Gasteiger partial charge is 0.241 e. The third kappa shape index (κ3) is 3.18. The molecule has 0 saturated carbocycles. The first-order valence-electron chi connectivity index (χ1n) is 7.62. The lowest BCUT2D eigenvalue weighted by molar-refractivity contribution is -0.0355. The first kappa shape index (κ1) is 14.2. The van der Waals surface area contributed by atoms with Crippen molar-refractivity contribution in [3.63, 3.8) is 0 Å². The Labute approximate surface area is 133 Å². The zero-order valence-electron chi connectivity index (χ0n) is 12.6. The highest BCUT2D eigenvalue weighted by atomic mass is 16.5. The van der Waals surface area contributed by atoms with Gasteiger partial charge in [-0.15, -0.1) is 0 Å². The summed E-state index contributed by atoms with van der Waals surface area (Å²) in [5, 5.41) is 4.00. The number of rotatable bonds is 4. The average molecular weight is 311 g/mol. The van der Waals surface area contributed by atoms with Crippen LogP contribution in [-0.4, -0.2) is 34.7 Å². The molecule has 0 radical (unpaired) electrons. The van der Waals surface area contributed by atoms with Crippen molar-refractivity contribution >= 4 is 0 Å². The van der Waals surface area contributed by atoms with Gasteiger partial charge >= 0.3 is 0 Å². The van der Waals surface area contributed by atoms with Crippen LogP contribution in [0, 0.1) is 0 Å². The predicted molar refractivity (Wildman–Crippen MR) is 82.4 cm³/mol. The van der Waals surface area contributed by atoms with E-state index in [1.807, 2.05) is 24.3 Å². The van der Waals surface area contributed by atoms with E-state index < -0.39 is 0 Å². The highest BCUT2D eigenvalue weighted by molar-refractivity contribution is 5.51. The molecular formula is C17H17N3O3. The van der Waals surface area contributed by atoms with Crippen molar-refractivity contribution < 1.29 is 13.7 Å². The van der Waals surface area contributed by atoms with Crippen molar-refractivity contribution in [1.29, 1.82) is 0 Å². The molecule has 1 fully saturated rings. The summed E-state index contributed by atoms with van der Waals surface area (Å²) < 4.78 is 16.3. The Morgan fingerprint density at radius 3 is 2.91 bits per heavy atom. The van der Waals surface area contributed by atoms with Gasteiger partial charge in [0.2, 0.25) is 11.7 Å². The lowest BCUT2D eigenvalue weighted by Crippen LogP contribution is -2.37. The minimum atomic E-state index is 0.0845. The van der Waals surface area contributed by atoms with E-state index in [1.54, 1.807) is 12.5 Å². The maximum absolute atomic E-state index is 5.88. The van der Waals surface area contributed by atoms with Gasteiger partial charge in [0.1, 0.15) is 6.26 Å². The largest absolute Gasteiger partial charge is 0.472 e. The molecular weight excluding hydrogens is 294 g/mol. The van der Waals surface area contributed by atoms with Crippen molar-refractivity contribution in [3.05, 3.63) is 60.4 Å². The number of hydrogen-bond donors (Lipinski definition) is 0. The molecule has 23 heavy (non-hydrogen) atoms. The molecule has 6 heteroatoms. The van der Waals surface area contributed by atoms with E-state index >= 15 is 0 Å². The summed E-state index contributed by atoms with van der Waals surface area (Å²) in [6.07, 6.45) is 3.29. The van der Waals surface area contributed by atoms with Crippen molar-refractivity contribution in [3.8, 4) is 11.4 Å². The molecule has 6 nitrogen and oxygen atoms in total. The van der Waals surface area contributed by atoms with E-state index in [1.165, 1.54) is 5.56 Å². The molecule has 1 aliphatic heterocycles. The lowest BCUT2D eigenvalue weighted by Gasteiger charge is -2.32. The van der Waals surface area contributed by atoms with E-state index in [0.717, 1.165) is 18.7 Å². The molecule has 3 heterocycles. The first-order chi connectivity index (χ1) is 11.4. The van der Waals surface area contributed by atoms with Crippen molar-refractivity contribution in [1.82, 2.24) is 15.0 Å². The van der Waals surface area contributed by atoms with Gasteiger partial charge in [0.05, 0.1) is 31.1 Å². The summed E-state index contributed by atoms with van der Waals surface area (Å²) >= 11 is 0. The lowest BCUT2D eigenvalue weighted by atomic mass is 10.1. The minimum Gasteiger partial charge on any atom is -0.472 e. The molecule has 1 saturated heterocycles. The van der Waals surface area contributed by atoms with E-state index in [2.05, 4.69) is 27.2 Å². The topological polar surface area (TPSA) is 64.5 Å². The van der Waals surface area contributed by atoms with Crippen LogP contribution in [-0.2, 0) is 11.3 Å². The normalized spacial score (nSPS) is 19.0. The minimum absolute atomic E-state index is 0.0845. The molecule has 0 amide bonds. The molecule has 3 aromatic rings. The fraction of sp³-hybridized carbons (Fsp3) is 0.294. The van der Waals surface area contributed by atoms with Gasteiger partial charge in [0, 0.05) is 13.1 Å². The summed E-state index contributed by atoms with van der Waals surface area (Å²) in [4.78, 5) is 6.70. The Morgan fingerprint density at radius 1 is 1.17 bits per heavy atom. The van der Waals surface area contributed by atoms with E-state index in [4.69, 9.17) is 13.7 Å². The van der Waals surface area contributed by atoms with Crippen LogP contribution in [0.1, 0.15) is 17.6 Å². The molecule has 0 bridgehead atoms. The summed E-state index contributed by atoms with van der Waals surface area (Å²) in [5.41, 5.74) is 2.02. The zero-order chi connectivity index (χ0) is 15.5. The maximum atomic E-state index is 5.88. The Morgan fingerprint density at radius 2 is 2.09 bits per heavy atom. The van der Waals surface area contributed by atoms with Crippen LogP contribution < -0.4 is 0 Å². The molecule has 0 spiro atoms. The standard InChI is InChI=1S/C17H17N3O3/c1-2-4-13(5-3-1)15-10-20(7-9-22-15)11-16-18-17(19-23-16)14-6-8-21-12-14/h1-6,8,12,15H,7,9-11H2. The van der Waals surface area contributed by atoms with E-state index in [-0.39, 0.29) is 6.10 Å². The second-order valence-electron chi connectivity index (χ2n) is 5.53. The van der Waals surface area contributed by atoms with Crippen LogP contribution in [0.5, 0.6) is 0 Å². The fourth-order valence-corrected chi connectivity index (χ4v) is 2.73. The Kier molecular flexibility index (Phi) is 3.92. The molecule has 0 N–H and O–H groups in total. The summed E-state index contributed by atoms with van der Waals surface area (Å²) in [6, 6.07) is 12.1. The quantitative estimate of drug-likeness (QED) is 0.738. The van der Waals surface area contributed by atoms with Crippen LogP contribution in [0.15, 0.2) is 57.9 Å². The highest BCUT2D eigenvalue weighted by Crippen LogP contribution is 2.23. The number of hydrogen-bond acceptors (Lipinski definition) is 6. The first-order valence-corrected chi connectivity index (χ1v) is 7.62. The van der Waals surface area contributed by atoms with Crippen molar-refractivity contribution in [2.45, 2.75) is 12.6 Å². The third-order valence-corrected chi connectivity index (χ3v) is 3.93. The molecule has 1 aliphatic rings. The van der Waals surface area contributed by atoms with Crippen molar-refractivity contribution in [2.75, 3.05) is 19.7 Å². The molecule has 0 aliphatic carbocycles. The second-order valence-corrected chi connectivity index (χ2v) is 5.53. The zero-order valence-corrected chi connectivity index (χ0v) is 12.6. The predicted octanol–water partition coefficient (Wildman–Crippen LogP) is 2.90. The maximum Gasteiger partial charge on any atom is 0.241 e. The van der Waals surface area contributed by atoms with E-state index in [0.29, 0.717) is 24.9 Å². The number of benzene rings is 1. The van der Waals surface area contributed by atoms with Gasteiger partial charge in [-0.25, -0.2) is 0 Å². The van der Waals surface area contributed by atoms with Gasteiger partial charge in [-0.05, 0) is 11.6 Å². The third-order valence-electron chi connectivity index (χ3n) is 3.93. The van der Waals surface area contributed by atoms with Gasteiger partial charge < -0.3 is 13.7 Å². The molecule has 118 valence electrons. The van der Waals surface area contributed by atoms with E-state index in [9.17, 15) is 0 Å². The Balaban J connectivity index is 1.43. The van der Waals surface area contributed by atoms with Crippen LogP contribution in [0.4, 0.5) is 0 Å². The fourth-order valence-electron chi connectivity index (χ4n) is 2.73. The van der Waals surface area contributed by atoms with Gasteiger partial charge in [-0.1, -0.05) is 35.5 Å². The summed E-state index contributed by atoms with van der Waals surface area (Å²) in [7, 11) is 0. The SMILES string of the molecule is c1ccc(C2CN(Cc3nc(-c4ccoc4)no3)CCO2)cc1.